The molecular weight excluding hydrogens is 227 g/mol. The zero-order valence-corrected chi connectivity index (χ0v) is 9.91. The maximum atomic E-state index is 13.2. The van der Waals surface area contributed by atoms with Crippen molar-refractivity contribution >= 4 is 27.3 Å². The first-order chi connectivity index (χ1) is 8.65. The Bertz CT molecular complexity index is 774. The zero-order chi connectivity index (χ0) is 12.7. The number of hydrogen-bond acceptors (Lipinski definition) is 1. The molecule has 3 rings (SSSR count). The average Bonchev–Trinajstić information content (AvgIpc) is 2.37. The van der Waals surface area contributed by atoms with Gasteiger partial charge in [-0.3, -0.25) is 4.79 Å². The van der Waals surface area contributed by atoms with Crippen molar-refractivity contribution in [1.82, 2.24) is 0 Å². The van der Waals surface area contributed by atoms with E-state index in [1.54, 1.807) is 13.0 Å². The highest BCUT2D eigenvalue weighted by Crippen LogP contribution is 2.26. The molecule has 0 aliphatic rings. The van der Waals surface area contributed by atoms with Crippen LogP contribution in [0.25, 0.3) is 21.5 Å². The van der Waals surface area contributed by atoms with Gasteiger partial charge < -0.3 is 0 Å². The van der Waals surface area contributed by atoms with Crippen LogP contribution in [0, 0.1) is 5.82 Å². The Kier molecular flexibility index (Phi) is 2.37. The highest BCUT2D eigenvalue weighted by Gasteiger charge is 2.04. The van der Waals surface area contributed by atoms with E-state index in [1.165, 1.54) is 12.1 Å². The topological polar surface area (TPSA) is 17.1 Å². The van der Waals surface area contributed by atoms with E-state index in [0.29, 0.717) is 5.56 Å². The third-order valence-corrected chi connectivity index (χ3v) is 3.20. The molecule has 0 spiro atoms. The molecule has 0 saturated heterocycles. The predicted octanol–water partition coefficient (Wildman–Crippen LogP) is 4.33. The molecule has 0 unspecified atom stereocenters. The minimum Gasteiger partial charge on any atom is -0.295 e. The molecule has 0 N–H and O–H groups in total. The number of rotatable bonds is 1. The summed E-state index contributed by atoms with van der Waals surface area (Å²) in [7, 11) is 0. The third-order valence-electron chi connectivity index (χ3n) is 3.20. The van der Waals surface area contributed by atoms with Crippen molar-refractivity contribution in [1.29, 1.82) is 0 Å². The summed E-state index contributed by atoms with van der Waals surface area (Å²) in [5.74, 6) is -0.182. The van der Waals surface area contributed by atoms with Gasteiger partial charge in [0, 0.05) is 5.56 Å². The first-order valence-corrected chi connectivity index (χ1v) is 5.78. The fraction of sp³-hybridized carbons (Fsp3) is 0.0625. The summed E-state index contributed by atoms with van der Waals surface area (Å²) in [6.45, 7) is 1.55. The predicted molar refractivity (Wildman–Crippen MR) is 71.4 cm³/mol. The van der Waals surface area contributed by atoms with Gasteiger partial charge in [-0.25, -0.2) is 4.39 Å². The summed E-state index contributed by atoms with van der Waals surface area (Å²) >= 11 is 0. The number of fused-ring (bicyclic) bond motifs is 3. The van der Waals surface area contributed by atoms with Crippen molar-refractivity contribution in [2.45, 2.75) is 6.92 Å². The molecule has 1 nitrogen and oxygen atoms in total. The molecular formula is C16H11FO. The molecule has 0 atom stereocenters. The lowest BCUT2D eigenvalue weighted by molar-refractivity contribution is 0.101. The van der Waals surface area contributed by atoms with E-state index in [0.717, 1.165) is 21.5 Å². The number of Topliss-reactive ketones (excluding diaryl/α,β-unsaturated/α-hetero) is 1. The molecule has 3 aromatic rings. The van der Waals surface area contributed by atoms with Crippen molar-refractivity contribution in [3.63, 3.8) is 0 Å². The Morgan fingerprint density at radius 2 is 1.50 bits per heavy atom. The zero-order valence-electron chi connectivity index (χ0n) is 9.91. The molecule has 0 aliphatic carbocycles. The summed E-state index contributed by atoms with van der Waals surface area (Å²) in [6.07, 6.45) is 0. The monoisotopic (exact) mass is 238 g/mol. The Balaban J connectivity index is 2.38. The molecule has 3 aromatic carbocycles. The molecule has 0 aliphatic heterocycles. The summed E-state index contributed by atoms with van der Waals surface area (Å²) in [4.78, 5) is 11.3. The van der Waals surface area contributed by atoms with Crippen molar-refractivity contribution in [2.75, 3.05) is 0 Å². The number of halogens is 1. The molecule has 18 heavy (non-hydrogen) atoms. The van der Waals surface area contributed by atoms with Gasteiger partial charge in [0.15, 0.2) is 5.78 Å². The summed E-state index contributed by atoms with van der Waals surface area (Å²) < 4.78 is 13.2. The number of hydrogen-bond donors (Lipinski definition) is 0. The van der Waals surface area contributed by atoms with Crippen LogP contribution in [-0.2, 0) is 0 Å². The van der Waals surface area contributed by atoms with Crippen LogP contribution >= 0.6 is 0 Å². The second-order valence-electron chi connectivity index (χ2n) is 4.42. The minimum atomic E-state index is -0.234. The van der Waals surface area contributed by atoms with E-state index >= 15 is 0 Å². The molecule has 0 bridgehead atoms. The van der Waals surface area contributed by atoms with Crippen molar-refractivity contribution < 1.29 is 9.18 Å². The van der Waals surface area contributed by atoms with E-state index < -0.39 is 0 Å². The molecule has 2 heteroatoms. The quantitative estimate of drug-likeness (QED) is 0.455. The lowest BCUT2D eigenvalue weighted by atomic mass is 9.99. The molecule has 0 radical (unpaired) electrons. The standard InChI is InChI=1S/C16H11FO/c1-10(18)11-4-6-15-12(8-11)2-3-13-9-14(17)5-7-16(13)15/h2-9H,1H3. The van der Waals surface area contributed by atoms with Crippen LogP contribution in [0.15, 0.2) is 48.5 Å². The lowest BCUT2D eigenvalue weighted by Gasteiger charge is -2.05. The first kappa shape index (κ1) is 10.9. The van der Waals surface area contributed by atoms with E-state index in [1.807, 2.05) is 30.3 Å². The van der Waals surface area contributed by atoms with Crippen LogP contribution in [0.1, 0.15) is 17.3 Å². The highest BCUT2D eigenvalue weighted by molar-refractivity contribution is 6.09. The lowest BCUT2D eigenvalue weighted by Crippen LogP contribution is -1.91. The van der Waals surface area contributed by atoms with Gasteiger partial charge in [-0.15, -0.1) is 0 Å². The Morgan fingerprint density at radius 3 is 2.17 bits per heavy atom. The Labute approximate surface area is 104 Å². The van der Waals surface area contributed by atoms with Gasteiger partial charge in [0.05, 0.1) is 0 Å². The normalized spacial score (nSPS) is 11.0. The summed E-state index contributed by atoms with van der Waals surface area (Å²) in [5.41, 5.74) is 0.698. The number of benzene rings is 3. The van der Waals surface area contributed by atoms with Crippen LogP contribution in [-0.4, -0.2) is 5.78 Å². The average molecular weight is 238 g/mol. The fourth-order valence-corrected chi connectivity index (χ4v) is 2.26. The number of carbonyl (C=O) groups excluding carboxylic acids is 1. The first-order valence-electron chi connectivity index (χ1n) is 5.78. The van der Waals surface area contributed by atoms with Crippen LogP contribution in [0.2, 0.25) is 0 Å². The van der Waals surface area contributed by atoms with Gasteiger partial charge >= 0.3 is 0 Å². The second kappa shape index (κ2) is 3.91. The van der Waals surface area contributed by atoms with E-state index in [2.05, 4.69) is 0 Å². The second-order valence-corrected chi connectivity index (χ2v) is 4.42. The van der Waals surface area contributed by atoms with Gasteiger partial charge in [0.2, 0.25) is 0 Å². The van der Waals surface area contributed by atoms with Crippen LogP contribution in [0.5, 0.6) is 0 Å². The minimum absolute atomic E-state index is 0.0519. The highest BCUT2D eigenvalue weighted by atomic mass is 19.1. The van der Waals surface area contributed by atoms with Crippen molar-refractivity contribution in [3.8, 4) is 0 Å². The SMILES string of the molecule is CC(=O)c1ccc2c(ccc3cc(F)ccc32)c1. The maximum Gasteiger partial charge on any atom is 0.159 e. The molecule has 88 valence electrons. The third kappa shape index (κ3) is 1.66. The molecule has 0 heterocycles. The van der Waals surface area contributed by atoms with Gasteiger partial charge in [0.25, 0.3) is 0 Å². The maximum absolute atomic E-state index is 13.2. The molecule has 0 amide bonds. The van der Waals surface area contributed by atoms with E-state index in [9.17, 15) is 9.18 Å². The Hall–Kier alpha value is -2.22. The largest absolute Gasteiger partial charge is 0.295 e. The van der Waals surface area contributed by atoms with Crippen LogP contribution in [0.4, 0.5) is 4.39 Å². The van der Waals surface area contributed by atoms with Crippen LogP contribution in [0.3, 0.4) is 0 Å². The van der Waals surface area contributed by atoms with Crippen molar-refractivity contribution in [2.24, 2.45) is 0 Å². The van der Waals surface area contributed by atoms with Gasteiger partial charge in [-0.2, -0.15) is 0 Å². The number of carbonyl (C=O) groups is 1. The number of ketones is 1. The van der Waals surface area contributed by atoms with E-state index in [4.69, 9.17) is 0 Å². The van der Waals surface area contributed by atoms with Crippen LogP contribution < -0.4 is 0 Å². The molecule has 0 fully saturated rings. The molecule has 0 aromatic heterocycles. The van der Waals surface area contributed by atoms with Crippen molar-refractivity contribution in [3.05, 3.63) is 59.9 Å². The summed E-state index contributed by atoms with van der Waals surface area (Å²) in [6, 6.07) is 14.2. The van der Waals surface area contributed by atoms with Gasteiger partial charge in [-0.05, 0) is 46.7 Å². The summed E-state index contributed by atoms with van der Waals surface area (Å²) in [5, 5.41) is 3.92. The van der Waals surface area contributed by atoms with E-state index in [-0.39, 0.29) is 11.6 Å². The fourth-order valence-electron chi connectivity index (χ4n) is 2.26. The van der Waals surface area contributed by atoms with Gasteiger partial charge in [-0.1, -0.05) is 30.3 Å². The molecule has 0 saturated carbocycles. The smallest absolute Gasteiger partial charge is 0.159 e. The Morgan fingerprint density at radius 1 is 0.889 bits per heavy atom. The van der Waals surface area contributed by atoms with Gasteiger partial charge in [0.1, 0.15) is 5.82 Å².